The van der Waals surface area contributed by atoms with Crippen LogP contribution in [-0.4, -0.2) is 65.9 Å². The Morgan fingerprint density at radius 2 is 1.46 bits per heavy atom. The fourth-order valence-corrected chi connectivity index (χ4v) is 2.85. The molecule has 7 N–H and O–H groups in total. The monoisotopic (exact) mass is 374 g/mol. The molecule has 1 aliphatic rings. The van der Waals surface area contributed by atoms with Gasteiger partial charge in [0.15, 0.2) is 5.92 Å². The van der Waals surface area contributed by atoms with E-state index >= 15 is 0 Å². The quantitative estimate of drug-likeness (QED) is 0.194. The van der Waals surface area contributed by atoms with Gasteiger partial charge in [0.1, 0.15) is 0 Å². The zero-order chi connectivity index (χ0) is 19.8. The Balaban J connectivity index is 0.000000531. The van der Waals surface area contributed by atoms with E-state index in [2.05, 4.69) is 17.1 Å². The first-order valence-electron chi connectivity index (χ1n) is 9.78. The van der Waals surface area contributed by atoms with Crippen molar-refractivity contribution < 1.29 is 19.8 Å². The SMILES string of the molecule is CCCCCCCCCC(C(=O)O)C(=O)O.NC(N)CN1CCNCC1. The first-order chi connectivity index (χ1) is 12.4. The molecule has 0 unspecified atom stereocenters. The van der Waals surface area contributed by atoms with E-state index in [0.29, 0.717) is 6.42 Å². The topological polar surface area (TPSA) is 142 Å². The van der Waals surface area contributed by atoms with Crippen LogP contribution in [0, 0.1) is 5.92 Å². The maximum atomic E-state index is 10.6. The average Bonchev–Trinajstić information content (AvgIpc) is 2.57. The lowest BCUT2D eigenvalue weighted by Crippen LogP contribution is -2.50. The van der Waals surface area contributed by atoms with E-state index in [0.717, 1.165) is 45.6 Å². The number of rotatable bonds is 12. The van der Waals surface area contributed by atoms with E-state index in [1.165, 1.54) is 25.7 Å². The van der Waals surface area contributed by atoms with Crippen LogP contribution < -0.4 is 16.8 Å². The molecule has 1 saturated heterocycles. The maximum Gasteiger partial charge on any atom is 0.317 e. The van der Waals surface area contributed by atoms with Crippen LogP contribution in [0.2, 0.25) is 0 Å². The van der Waals surface area contributed by atoms with Crippen LogP contribution in [0.1, 0.15) is 58.3 Å². The van der Waals surface area contributed by atoms with Crippen molar-refractivity contribution in [3.05, 3.63) is 0 Å². The van der Waals surface area contributed by atoms with Crippen LogP contribution >= 0.6 is 0 Å². The second-order valence-corrected chi connectivity index (χ2v) is 6.85. The highest BCUT2D eigenvalue weighted by Crippen LogP contribution is 2.13. The van der Waals surface area contributed by atoms with Gasteiger partial charge in [-0.15, -0.1) is 0 Å². The molecule has 26 heavy (non-hydrogen) atoms. The molecule has 0 aromatic rings. The van der Waals surface area contributed by atoms with Gasteiger partial charge in [-0.3, -0.25) is 14.5 Å². The fraction of sp³-hybridized carbons (Fsp3) is 0.889. The van der Waals surface area contributed by atoms with Crippen molar-refractivity contribution in [1.82, 2.24) is 10.2 Å². The zero-order valence-electron chi connectivity index (χ0n) is 16.2. The number of aliphatic carboxylic acids is 2. The molecule has 8 nitrogen and oxygen atoms in total. The second kappa shape index (κ2) is 16.0. The molecule has 0 aliphatic carbocycles. The molecule has 0 amide bonds. The lowest BCUT2D eigenvalue weighted by atomic mass is 10.0. The Bertz CT molecular complexity index is 360. The average molecular weight is 375 g/mol. The lowest BCUT2D eigenvalue weighted by Gasteiger charge is -2.28. The predicted octanol–water partition coefficient (Wildman–Crippen LogP) is 1.05. The van der Waals surface area contributed by atoms with Gasteiger partial charge in [0.05, 0.1) is 6.17 Å². The van der Waals surface area contributed by atoms with E-state index in [1.54, 1.807) is 0 Å². The Hall–Kier alpha value is -1.22. The number of carboxylic acid groups (broad SMARTS) is 2. The number of hydrogen-bond donors (Lipinski definition) is 5. The second-order valence-electron chi connectivity index (χ2n) is 6.85. The van der Waals surface area contributed by atoms with Crippen molar-refractivity contribution >= 4 is 11.9 Å². The van der Waals surface area contributed by atoms with E-state index in [1.807, 2.05) is 0 Å². The van der Waals surface area contributed by atoms with E-state index in [9.17, 15) is 9.59 Å². The molecule has 0 atom stereocenters. The Labute approximate surface area is 157 Å². The molecule has 0 aromatic heterocycles. The summed E-state index contributed by atoms with van der Waals surface area (Å²) in [6.45, 7) is 7.25. The number of piperazine rings is 1. The summed E-state index contributed by atoms with van der Waals surface area (Å²) in [5, 5.41) is 20.5. The highest BCUT2D eigenvalue weighted by molar-refractivity contribution is 5.92. The van der Waals surface area contributed by atoms with Crippen LogP contribution in [0.25, 0.3) is 0 Å². The molecule has 0 radical (unpaired) electrons. The van der Waals surface area contributed by atoms with E-state index < -0.39 is 17.9 Å². The number of carbonyl (C=O) groups is 2. The van der Waals surface area contributed by atoms with Crippen LogP contribution in [0.4, 0.5) is 0 Å². The standard InChI is InChI=1S/C12H22O4.C6H16N4/c1-2-3-4-5-6-7-8-9-10(11(13)14)12(15)16;7-6(8)5-10-3-1-9-2-4-10/h10H,2-9H2,1H3,(H,13,14)(H,15,16);6,9H,1-5,7-8H2. The molecule has 1 heterocycles. The first kappa shape index (κ1) is 24.8. The van der Waals surface area contributed by atoms with Gasteiger partial charge >= 0.3 is 11.9 Å². The summed E-state index contributed by atoms with van der Waals surface area (Å²) >= 11 is 0. The van der Waals surface area contributed by atoms with Crippen molar-refractivity contribution in [2.45, 2.75) is 64.5 Å². The number of unbranched alkanes of at least 4 members (excludes halogenated alkanes) is 6. The van der Waals surface area contributed by atoms with E-state index in [-0.39, 0.29) is 12.6 Å². The zero-order valence-corrected chi connectivity index (χ0v) is 16.2. The van der Waals surface area contributed by atoms with Gasteiger partial charge in [-0.25, -0.2) is 0 Å². The van der Waals surface area contributed by atoms with Crippen LogP contribution in [0.3, 0.4) is 0 Å². The minimum Gasteiger partial charge on any atom is -0.481 e. The molecule has 1 rings (SSSR count). The molecule has 1 aliphatic heterocycles. The van der Waals surface area contributed by atoms with Crippen LogP contribution in [0.5, 0.6) is 0 Å². The van der Waals surface area contributed by atoms with Gasteiger partial charge in [-0.2, -0.15) is 0 Å². The smallest absolute Gasteiger partial charge is 0.317 e. The van der Waals surface area contributed by atoms with Crippen LogP contribution in [-0.2, 0) is 9.59 Å². The number of carboxylic acids is 2. The molecule has 0 saturated carbocycles. The molecule has 0 bridgehead atoms. The summed E-state index contributed by atoms with van der Waals surface area (Å²) < 4.78 is 0. The highest BCUT2D eigenvalue weighted by atomic mass is 16.4. The minimum absolute atomic E-state index is 0.182. The third-order valence-corrected chi connectivity index (χ3v) is 4.37. The van der Waals surface area contributed by atoms with Crippen molar-refractivity contribution in [2.24, 2.45) is 17.4 Å². The normalized spacial score (nSPS) is 15.0. The predicted molar refractivity (Wildman–Crippen MR) is 103 cm³/mol. The largest absolute Gasteiger partial charge is 0.481 e. The Kier molecular flexibility index (Phi) is 15.2. The third kappa shape index (κ3) is 14.0. The molecule has 154 valence electrons. The molecule has 1 fully saturated rings. The van der Waals surface area contributed by atoms with Gasteiger partial charge in [-0.05, 0) is 6.42 Å². The van der Waals surface area contributed by atoms with Gasteiger partial charge in [0.25, 0.3) is 0 Å². The highest BCUT2D eigenvalue weighted by Gasteiger charge is 2.24. The summed E-state index contributed by atoms with van der Waals surface area (Å²) in [6.07, 6.45) is 7.60. The summed E-state index contributed by atoms with van der Waals surface area (Å²) in [7, 11) is 0. The minimum atomic E-state index is -1.23. The van der Waals surface area contributed by atoms with Crippen molar-refractivity contribution in [3.63, 3.8) is 0 Å². The van der Waals surface area contributed by atoms with Crippen LogP contribution in [0.15, 0.2) is 0 Å². The number of nitrogens with zero attached hydrogens (tertiary/aromatic N) is 1. The van der Waals surface area contributed by atoms with E-state index in [4.69, 9.17) is 21.7 Å². The molecule has 8 heteroatoms. The van der Waals surface area contributed by atoms with Crippen molar-refractivity contribution in [2.75, 3.05) is 32.7 Å². The first-order valence-corrected chi connectivity index (χ1v) is 9.78. The number of hydrogen-bond acceptors (Lipinski definition) is 6. The Morgan fingerprint density at radius 3 is 1.92 bits per heavy atom. The summed E-state index contributed by atoms with van der Waals surface area (Å²) in [6, 6.07) is 0. The molecule has 0 spiro atoms. The fourth-order valence-electron chi connectivity index (χ4n) is 2.85. The molecule has 0 aromatic carbocycles. The van der Waals surface area contributed by atoms with Gasteiger partial charge in [-0.1, -0.05) is 51.9 Å². The van der Waals surface area contributed by atoms with Gasteiger partial charge in [0, 0.05) is 32.7 Å². The van der Waals surface area contributed by atoms with Gasteiger partial charge < -0.3 is 27.0 Å². The third-order valence-electron chi connectivity index (χ3n) is 4.37. The molecular weight excluding hydrogens is 336 g/mol. The molecular formula is C18H38N4O4. The van der Waals surface area contributed by atoms with Crippen molar-refractivity contribution in [3.8, 4) is 0 Å². The lowest BCUT2D eigenvalue weighted by molar-refractivity contribution is -0.154. The maximum absolute atomic E-state index is 10.6. The summed E-state index contributed by atoms with van der Waals surface area (Å²) in [5.74, 6) is -3.67. The summed E-state index contributed by atoms with van der Waals surface area (Å²) in [4.78, 5) is 23.4. The summed E-state index contributed by atoms with van der Waals surface area (Å²) in [5.41, 5.74) is 10.9. The number of nitrogens with one attached hydrogen (secondary N) is 1. The van der Waals surface area contributed by atoms with Crippen molar-refractivity contribution in [1.29, 1.82) is 0 Å². The van der Waals surface area contributed by atoms with Gasteiger partial charge in [0.2, 0.25) is 0 Å². The number of nitrogens with two attached hydrogens (primary N) is 2. The Morgan fingerprint density at radius 1 is 0.962 bits per heavy atom.